The van der Waals surface area contributed by atoms with Gasteiger partial charge in [0.05, 0.1) is 13.5 Å². The number of Topliss-reactive ketones (excluding diaryl/α,β-unsaturated/α-hetero) is 2. The molecule has 3 heteroatoms. The molecule has 2 aromatic carbocycles. The molecule has 0 fully saturated rings. The molecular weight excluding hydrogens is 276 g/mol. The SMILES string of the molecule is COc1ccc(C(=O)CC(=O)c2c(C)cc(C)cc2C)cc1. The third kappa shape index (κ3) is 3.42. The fraction of sp³-hybridized carbons (Fsp3) is 0.263. The van der Waals surface area contributed by atoms with Gasteiger partial charge >= 0.3 is 0 Å². The number of methoxy groups -OCH3 is 1. The second kappa shape index (κ2) is 6.56. The predicted molar refractivity (Wildman–Crippen MR) is 86.9 cm³/mol. The number of hydrogen-bond acceptors (Lipinski definition) is 3. The fourth-order valence-corrected chi connectivity index (χ4v) is 2.73. The molecule has 0 unspecified atom stereocenters. The molecule has 0 saturated heterocycles. The van der Waals surface area contributed by atoms with E-state index in [1.807, 2.05) is 32.9 Å². The first-order chi connectivity index (χ1) is 10.4. The van der Waals surface area contributed by atoms with Crippen molar-refractivity contribution in [3.63, 3.8) is 0 Å². The second-order valence-electron chi connectivity index (χ2n) is 5.53. The number of carbonyl (C=O) groups is 2. The quantitative estimate of drug-likeness (QED) is 0.617. The normalized spacial score (nSPS) is 10.4. The van der Waals surface area contributed by atoms with Crippen LogP contribution < -0.4 is 4.74 Å². The average molecular weight is 296 g/mol. The zero-order valence-electron chi connectivity index (χ0n) is 13.4. The van der Waals surface area contributed by atoms with Crippen molar-refractivity contribution in [2.45, 2.75) is 27.2 Å². The number of hydrogen-bond donors (Lipinski definition) is 0. The van der Waals surface area contributed by atoms with Crippen molar-refractivity contribution in [1.82, 2.24) is 0 Å². The molecule has 0 spiro atoms. The van der Waals surface area contributed by atoms with Crippen LogP contribution in [0.15, 0.2) is 36.4 Å². The Balaban J connectivity index is 2.19. The Hall–Kier alpha value is -2.42. The monoisotopic (exact) mass is 296 g/mol. The molecule has 0 aliphatic carbocycles. The van der Waals surface area contributed by atoms with Crippen molar-refractivity contribution in [1.29, 1.82) is 0 Å². The van der Waals surface area contributed by atoms with E-state index in [1.165, 1.54) is 0 Å². The summed E-state index contributed by atoms with van der Waals surface area (Å²) in [6.45, 7) is 5.81. The first-order valence-corrected chi connectivity index (χ1v) is 7.20. The van der Waals surface area contributed by atoms with Crippen LogP contribution in [0.1, 0.15) is 43.8 Å². The van der Waals surface area contributed by atoms with E-state index in [0.29, 0.717) is 16.9 Å². The van der Waals surface area contributed by atoms with Gasteiger partial charge in [0.15, 0.2) is 11.6 Å². The lowest BCUT2D eigenvalue weighted by molar-refractivity contribution is 0.0893. The van der Waals surface area contributed by atoms with Gasteiger partial charge in [-0.15, -0.1) is 0 Å². The molecule has 114 valence electrons. The highest BCUT2D eigenvalue weighted by Crippen LogP contribution is 2.20. The molecule has 0 saturated carbocycles. The van der Waals surface area contributed by atoms with E-state index >= 15 is 0 Å². The van der Waals surface area contributed by atoms with E-state index in [4.69, 9.17) is 4.74 Å². The summed E-state index contributed by atoms with van der Waals surface area (Å²) in [6.07, 6.45) is -0.114. The standard InChI is InChI=1S/C19H20O3/c1-12-9-13(2)19(14(3)10-12)18(21)11-17(20)15-5-7-16(22-4)8-6-15/h5-10H,11H2,1-4H3. The van der Waals surface area contributed by atoms with Crippen molar-refractivity contribution >= 4 is 11.6 Å². The largest absolute Gasteiger partial charge is 0.497 e. The van der Waals surface area contributed by atoms with Crippen LogP contribution in [0.25, 0.3) is 0 Å². The van der Waals surface area contributed by atoms with Crippen molar-refractivity contribution < 1.29 is 14.3 Å². The summed E-state index contributed by atoms with van der Waals surface area (Å²) in [5.41, 5.74) is 4.15. The molecule has 22 heavy (non-hydrogen) atoms. The minimum absolute atomic E-state index is 0.114. The number of aryl methyl sites for hydroxylation is 3. The van der Waals surface area contributed by atoms with Crippen molar-refractivity contribution in [2.75, 3.05) is 7.11 Å². The Morgan fingerprint density at radius 1 is 0.909 bits per heavy atom. The van der Waals surface area contributed by atoms with Crippen LogP contribution >= 0.6 is 0 Å². The first-order valence-electron chi connectivity index (χ1n) is 7.20. The predicted octanol–water partition coefficient (Wildman–Crippen LogP) is 4.08. The number of carbonyl (C=O) groups excluding carboxylic acids is 2. The minimum atomic E-state index is -0.174. The highest BCUT2D eigenvalue weighted by Gasteiger charge is 2.17. The van der Waals surface area contributed by atoms with Gasteiger partial charge in [-0.3, -0.25) is 9.59 Å². The lowest BCUT2D eigenvalue weighted by Crippen LogP contribution is -2.11. The lowest BCUT2D eigenvalue weighted by atomic mass is 9.93. The summed E-state index contributed by atoms with van der Waals surface area (Å²) in [5.74, 6) is 0.385. The highest BCUT2D eigenvalue weighted by atomic mass is 16.5. The molecule has 0 aliphatic rings. The Labute approximate surface area is 130 Å². The van der Waals surface area contributed by atoms with E-state index in [0.717, 1.165) is 16.7 Å². The maximum atomic E-state index is 12.5. The Morgan fingerprint density at radius 2 is 1.45 bits per heavy atom. The van der Waals surface area contributed by atoms with Gasteiger partial charge in [0.2, 0.25) is 0 Å². The third-order valence-electron chi connectivity index (χ3n) is 3.69. The molecule has 0 aliphatic heterocycles. The summed E-state index contributed by atoms with van der Waals surface area (Å²) >= 11 is 0. The van der Waals surface area contributed by atoms with Gasteiger partial charge < -0.3 is 4.74 Å². The van der Waals surface area contributed by atoms with E-state index < -0.39 is 0 Å². The first kappa shape index (κ1) is 16.0. The van der Waals surface area contributed by atoms with Crippen molar-refractivity contribution in [2.24, 2.45) is 0 Å². The van der Waals surface area contributed by atoms with Gasteiger partial charge in [-0.05, 0) is 56.2 Å². The average Bonchev–Trinajstić information content (AvgIpc) is 2.46. The van der Waals surface area contributed by atoms with Crippen LogP contribution in [0.5, 0.6) is 5.75 Å². The van der Waals surface area contributed by atoms with Crippen LogP contribution in [0.2, 0.25) is 0 Å². The second-order valence-corrected chi connectivity index (χ2v) is 5.53. The Kier molecular flexibility index (Phi) is 4.76. The van der Waals surface area contributed by atoms with Gasteiger partial charge in [-0.25, -0.2) is 0 Å². The maximum Gasteiger partial charge on any atom is 0.171 e. The summed E-state index contributed by atoms with van der Waals surface area (Å²) in [5, 5.41) is 0. The zero-order valence-corrected chi connectivity index (χ0v) is 13.4. The fourth-order valence-electron chi connectivity index (χ4n) is 2.73. The molecule has 0 atom stereocenters. The van der Waals surface area contributed by atoms with Gasteiger partial charge in [0.25, 0.3) is 0 Å². The number of benzene rings is 2. The summed E-state index contributed by atoms with van der Waals surface area (Å²) < 4.78 is 5.06. The van der Waals surface area contributed by atoms with E-state index in [9.17, 15) is 9.59 Å². The van der Waals surface area contributed by atoms with Gasteiger partial charge in [-0.1, -0.05) is 17.7 Å². The third-order valence-corrected chi connectivity index (χ3v) is 3.69. The molecule has 0 bridgehead atoms. The van der Waals surface area contributed by atoms with E-state index in [2.05, 4.69) is 0 Å². The van der Waals surface area contributed by atoms with Gasteiger partial charge in [0.1, 0.15) is 5.75 Å². The molecule has 0 heterocycles. The van der Waals surface area contributed by atoms with Gasteiger partial charge in [0, 0.05) is 11.1 Å². The number of ether oxygens (including phenoxy) is 1. The minimum Gasteiger partial charge on any atom is -0.497 e. The molecule has 2 rings (SSSR count). The number of rotatable bonds is 5. The Morgan fingerprint density at radius 3 is 1.95 bits per heavy atom. The van der Waals surface area contributed by atoms with Crippen molar-refractivity contribution in [3.05, 3.63) is 64.2 Å². The highest BCUT2D eigenvalue weighted by molar-refractivity contribution is 6.14. The van der Waals surface area contributed by atoms with Crippen LogP contribution in [-0.4, -0.2) is 18.7 Å². The molecule has 0 amide bonds. The smallest absolute Gasteiger partial charge is 0.171 e. The molecule has 3 nitrogen and oxygen atoms in total. The van der Waals surface area contributed by atoms with Crippen LogP contribution in [0, 0.1) is 20.8 Å². The molecule has 0 aromatic heterocycles. The zero-order chi connectivity index (χ0) is 16.3. The lowest BCUT2D eigenvalue weighted by Gasteiger charge is -2.10. The van der Waals surface area contributed by atoms with Crippen LogP contribution in [0.3, 0.4) is 0 Å². The maximum absolute atomic E-state index is 12.5. The molecule has 0 N–H and O–H groups in total. The van der Waals surface area contributed by atoms with Crippen LogP contribution in [-0.2, 0) is 0 Å². The summed E-state index contributed by atoms with van der Waals surface area (Å²) in [7, 11) is 1.57. The topological polar surface area (TPSA) is 43.4 Å². The van der Waals surface area contributed by atoms with Gasteiger partial charge in [-0.2, -0.15) is 0 Å². The van der Waals surface area contributed by atoms with Crippen LogP contribution in [0.4, 0.5) is 0 Å². The van der Waals surface area contributed by atoms with Crippen molar-refractivity contribution in [3.8, 4) is 5.75 Å². The summed E-state index contributed by atoms with van der Waals surface area (Å²) in [6, 6.07) is 10.8. The van der Waals surface area contributed by atoms with E-state index in [-0.39, 0.29) is 18.0 Å². The van der Waals surface area contributed by atoms with E-state index in [1.54, 1.807) is 31.4 Å². The molecule has 0 radical (unpaired) electrons. The molecular formula is C19H20O3. The molecule has 2 aromatic rings. The Bertz CT molecular complexity index is 689. The number of ketones is 2. The summed E-state index contributed by atoms with van der Waals surface area (Å²) in [4.78, 5) is 24.7.